The van der Waals surface area contributed by atoms with Crippen molar-refractivity contribution < 1.29 is 19.5 Å². The lowest BCUT2D eigenvalue weighted by atomic mass is 10.1. The number of primary amides is 1. The number of benzene rings is 1. The van der Waals surface area contributed by atoms with Crippen LogP contribution in [0.2, 0.25) is 0 Å². The molecule has 7 heteroatoms. The lowest BCUT2D eigenvalue weighted by molar-refractivity contribution is -0.139. The van der Waals surface area contributed by atoms with Crippen molar-refractivity contribution in [1.82, 2.24) is 10.6 Å². The molecule has 1 aromatic rings. The number of carbonyl (C=O) groups excluding carboxylic acids is 2. The van der Waals surface area contributed by atoms with Crippen LogP contribution >= 0.6 is 0 Å². The Labute approximate surface area is 122 Å². The molecule has 114 valence electrons. The van der Waals surface area contributed by atoms with Gasteiger partial charge in [-0.15, -0.1) is 0 Å². The van der Waals surface area contributed by atoms with Gasteiger partial charge in [0.15, 0.2) is 0 Å². The first kappa shape index (κ1) is 16.5. The van der Waals surface area contributed by atoms with Gasteiger partial charge in [-0.05, 0) is 18.9 Å². The summed E-state index contributed by atoms with van der Waals surface area (Å²) in [5, 5.41) is 13.9. The fraction of sp³-hybridized carbons (Fsp3) is 0.357. The number of carboxylic acids is 1. The molecule has 0 spiro atoms. The van der Waals surface area contributed by atoms with Crippen molar-refractivity contribution in [2.45, 2.75) is 31.8 Å². The minimum atomic E-state index is -1.21. The molecule has 7 nitrogen and oxygen atoms in total. The van der Waals surface area contributed by atoms with E-state index in [2.05, 4.69) is 10.6 Å². The van der Waals surface area contributed by atoms with Crippen LogP contribution in [-0.4, -0.2) is 29.1 Å². The lowest BCUT2D eigenvalue weighted by Crippen LogP contribution is -2.46. The molecule has 5 N–H and O–H groups in total. The molecule has 0 saturated heterocycles. The minimum absolute atomic E-state index is 0.0438. The molecule has 1 unspecified atom stereocenters. The Kier molecular flexibility index (Phi) is 6.19. The van der Waals surface area contributed by atoms with Crippen molar-refractivity contribution in [3.63, 3.8) is 0 Å². The molecule has 0 saturated carbocycles. The molecule has 0 aliphatic carbocycles. The van der Waals surface area contributed by atoms with Gasteiger partial charge in [0.1, 0.15) is 6.04 Å². The number of rotatable bonds is 7. The number of aliphatic carboxylic acids is 1. The van der Waals surface area contributed by atoms with Crippen LogP contribution in [0.4, 0.5) is 4.79 Å². The Morgan fingerprint density at radius 1 is 1.19 bits per heavy atom. The number of hydrogen-bond donors (Lipinski definition) is 4. The first-order valence-electron chi connectivity index (χ1n) is 6.53. The maximum atomic E-state index is 11.8. The van der Waals surface area contributed by atoms with E-state index in [0.717, 1.165) is 5.56 Å². The van der Waals surface area contributed by atoms with Crippen molar-refractivity contribution >= 4 is 17.9 Å². The van der Waals surface area contributed by atoms with Crippen LogP contribution in [0.25, 0.3) is 0 Å². The standard InChI is InChI=1S/C14H19N3O4/c1-9(10-5-3-2-4-6-10)16-14(21)17-11(13(19)20)7-8-12(15)18/h2-6,9,11H,7-8H2,1H3,(H2,15,18)(H,19,20)(H2,16,17,21)/t9?,11-/m0/s1. The number of nitrogens with two attached hydrogens (primary N) is 1. The second-order valence-electron chi connectivity index (χ2n) is 4.65. The van der Waals surface area contributed by atoms with Gasteiger partial charge in [-0.3, -0.25) is 4.79 Å². The monoisotopic (exact) mass is 293 g/mol. The van der Waals surface area contributed by atoms with Crippen LogP contribution in [0, 0.1) is 0 Å². The minimum Gasteiger partial charge on any atom is -0.480 e. The van der Waals surface area contributed by atoms with Crippen LogP contribution < -0.4 is 16.4 Å². The molecule has 0 aliphatic rings. The van der Waals surface area contributed by atoms with Crippen molar-refractivity contribution in [2.24, 2.45) is 5.73 Å². The van der Waals surface area contributed by atoms with E-state index in [0.29, 0.717) is 0 Å². The van der Waals surface area contributed by atoms with Gasteiger partial charge in [0.25, 0.3) is 0 Å². The maximum Gasteiger partial charge on any atom is 0.326 e. The summed E-state index contributed by atoms with van der Waals surface area (Å²) in [5.74, 6) is -1.82. The van der Waals surface area contributed by atoms with Gasteiger partial charge < -0.3 is 21.5 Å². The summed E-state index contributed by atoms with van der Waals surface area (Å²) in [6.45, 7) is 1.79. The van der Waals surface area contributed by atoms with E-state index in [4.69, 9.17) is 10.8 Å². The quantitative estimate of drug-likeness (QED) is 0.593. The fourth-order valence-corrected chi connectivity index (χ4v) is 1.77. The summed E-state index contributed by atoms with van der Waals surface area (Å²) in [6, 6.07) is 7.23. The van der Waals surface area contributed by atoms with Crippen LogP contribution in [0.1, 0.15) is 31.4 Å². The van der Waals surface area contributed by atoms with Crippen molar-refractivity contribution in [1.29, 1.82) is 0 Å². The smallest absolute Gasteiger partial charge is 0.326 e. The SMILES string of the molecule is CC(NC(=O)N[C@@H](CCC(N)=O)C(=O)O)c1ccccc1. The van der Waals surface area contributed by atoms with Crippen molar-refractivity contribution in [2.75, 3.05) is 0 Å². The molecule has 0 radical (unpaired) electrons. The number of hydrogen-bond acceptors (Lipinski definition) is 3. The summed E-state index contributed by atoms with van der Waals surface area (Å²) in [4.78, 5) is 33.5. The van der Waals surface area contributed by atoms with E-state index in [1.807, 2.05) is 30.3 Å². The highest BCUT2D eigenvalue weighted by Gasteiger charge is 2.21. The van der Waals surface area contributed by atoms with Gasteiger partial charge in [-0.1, -0.05) is 30.3 Å². The topological polar surface area (TPSA) is 122 Å². The lowest BCUT2D eigenvalue weighted by Gasteiger charge is -2.18. The highest BCUT2D eigenvalue weighted by Crippen LogP contribution is 2.10. The fourth-order valence-electron chi connectivity index (χ4n) is 1.77. The van der Waals surface area contributed by atoms with Crippen LogP contribution in [-0.2, 0) is 9.59 Å². The predicted octanol–water partition coefficient (Wildman–Crippen LogP) is 0.766. The molecule has 0 fully saturated rings. The zero-order valence-corrected chi connectivity index (χ0v) is 11.7. The second-order valence-corrected chi connectivity index (χ2v) is 4.65. The summed E-state index contributed by atoms with van der Waals surface area (Å²) < 4.78 is 0. The molecular weight excluding hydrogens is 274 g/mol. The highest BCUT2D eigenvalue weighted by molar-refractivity contribution is 5.83. The average molecular weight is 293 g/mol. The predicted molar refractivity (Wildman–Crippen MR) is 76.4 cm³/mol. The number of carboxylic acid groups (broad SMARTS) is 1. The van der Waals surface area contributed by atoms with Crippen LogP contribution in [0.3, 0.4) is 0 Å². The molecule has 2 atom stereocenters. The molecule has 3 amide bonds. The molecular formula is C14H19N3O4. The molecule has 0 heterocycles. The van der Waals surface area contributed by atoms with Gasteiger partial charge in [-0.25, -0.2) is 9.59 Å². The summed E-state index contributed by atoms with van der Waals surface area (Å²) in [7, 11) is 0. The van der Waals surface area contributed by atoms with Crippen molar-refractivity contribution in [3.8, 4) is 0 Å². The summed E-state index contributed by atoms with van der Waals surface area (Å²) >= 11 is 0. The van der Waals surface area contributed by atoms with E-state index in [1.54, 1.807) is 6.92 Å². The number of amides is 3. The third-order valence-electron chi connectivity index (χ3n) is 2.93. The maximum absolute atomic E-state index is 11.8. The zero-order chi connectivity index (χ0) is 15.8. The molecule has 0 aromatic heterocycles. The van der Waals surface area contributed by atoms with Gasteiger partial charge in [0, 0.05) is 6.42 Å². The zero-order valence-electron chi connectivity index (χ0n) is 11.7. The van der Waals surface area contributed by atoms with Gasteiger partial charge in [-0.2, -0.15) is 0 Å². The Morgan fingerprint density at radius 2 is 1.81 bits per heavy atom. The second kappa shape index (κ2) is 7.88. The van der Waals surface area contributed by atoms with Gasteiger partial charge in [0.05, 0.1) is 6.04 Å². The molecule has 21 heavy (non-hydrogen) atoms. The van der Waals surface area contributed by atoms with Crippen LogP contribution in [0.5, 0.6) is 0 Å². The van der Waals surface area contributed by atoms with E-state index in [1.165, 1.54) is 0 Å². The van der Waals surface area contributed by atoms with Crippen molar-refractivity contribution in [3.05, 3.63) is 35.9 Å². The third-order valence-corrected chi connectivity index (χ3v) is 2.93. The molecule has 1 aromatic carbocycles. The van der Waals surface area contributed by atoms with E-state index in [9.17, 15) is 14.4 Å². The molecule has 0 bridgehead atoms. The summed E-state index contributed by atoms with van der Waals surface area (Å²) in [6.07, 6.45) is -0.150. The van der Waals surface area contributed by atoms with Crippen LogP contribution in [0.15, 0.2) is 30.3 Å². The Bertz CT molecular complexity index is 504. The first-order chi connectivity index (χ1) is 9.90. The highest BCUT2D eigenvalue weighted by atomic mass is 16.4. The Balaban J connectivity index is 2.54. The average Bonchev–Trinajstić information content (AvgIpc) is 2.43. The van der Waals surface area contributed by atoms with E-state index < -0.39 is 23.9 Å². The molecule has 1 rings (SSSR count). The summed E-state index contributed by atoms with van der Waals surface area (Å²) in [5.41, 5.74) is 5.87. The number of nitrogens with one attached hydrogen (secondary N) is 2. The first-order valence-corrected chi connectivity index (χ1v) is 6.53. The van der Waals surface area contributed by atoms with Gasteiger partial charge >= 0.3 is 12.0 Å². The van der Waals surface area contributed by atoms with Gasteiger partial charge in [0.2, 0.25) is 5.91 Å². The molecule has 0 aliphatic heterocycles. The van der Waals surface area contributed by atoms with E-state index in [-0.39, 0.29) is 18.9 Å². The Morgan fingerprint density at radius 3 is 2.33 bits per heavy atom. The number of carbonyl (C=O) groups is 3. The largest absolute Gasteiger partial charge is 0.480 e. The number of urea groups is 1. The third kappa shape index (κ3) is 5.94. The van der Waals surface area contributed by atoms with E-state index >= 15 is 0 Å². The normalized spacial score (nSPS) is 13.0. The Hall–Kier alpha value is -2.57.